The fourth-order valence-corrected chi connectivity index (χ4v) is 1.88. The molecule has 1 atom stereocenters. The maximum Gasteiger partial charge on any atom is 0.123 e. The van der Waals surface area contributed by atoms with E-state index in [1.807, 2.05) is 24.3 Å². The Hall–Kier alpha value is -1.06. The van der Waals surface area contributed by atoms with E-state index in [9.17, 15) is 0 Å². The number of nitrogens with two attached hydrogens (primary N) is 1. The van der Waals surface area contributed by atoms with Gasteiger partial charge in [-0.1, -0.05) is 25.1 Å². The number of likely N-dealkylation sites (N-methyl/N-ethyl adjacent to an activating group) is 1. The van der Waals surface area contributed by atoms with E-state index in [0.29, 0.717) is 0 Å². The summed E-state index contributed by atoms with van der Waals surface area (Å²) in [7, 11) is 3.78. The van der Waals surface area contributed by atoms with Crippen LogP contribution in [0.2, 0.25) is 0 Å². The summed E-state index contributed by atoms with van der Waals surface area (Å²) in [5.74, 6) is 0.875. The molecule has 0 saturated carbocycles. The van der Waals surface area contributed by atoms with Gasteiger partial charge in [0, 0.05) is 18.2 Å². The van der Waals surface area contributed by atoms with Gasteiger partial charge in [-0.25, -0.2) is 0 Å². The maximum atomic E-state index is 6.18. The average molecular weight is 222 g/mol. The average Bonchev–Trinajstić information content (AvgIpc) is 2.29. The number of methoxy groups -OCH3 is 1. The van der Waals surface area contributed by atoms with Gasteiger partial charge in [-0.05, 0) is 26.1 Å². The van der Waals surface area contributed by atoms with Crippen molar-refractivity contribution in [2.75, 3.05) is 27.2 Å². The lowest BCUT2D eigenvalue weighted by atomic mass is 10.1. The molecule has 0 amide bonds. The van der Waals surface area contributed by atoms with Gasteiger partial charge in [-0.2, -0.15) is 0 Å². The molecule has 0 heterocycles. The van der Waals surface area contributed by atoms with Crippen LogP contribution in [0.15, 0.2) is 24.3 Å². The maximum absolute atomic E-state index is 6.18. The molecule has 0 aromatic heterocycles. The van der Waals surface area contributed by atoms with Crippen LogP contribution in [0.1, 0.15) is 24.9 Å². The molecular formula is C13H22N2O. The van der Waals surface area contributed by atoms with E-state index in [1.54, 1.807) is 7.11 Å². The fraction of sp³-hybridized carbons (Fsp3) is 0.538. The van der Waals surface area contributed by atoms with E-state index >= 15 is 0 Å². The SMILES string of the molecule is CCCN(C)CC(N)c1ccccc1OC. The molecule has 0 saturated heterocycles. The first-order valence-corrected chi connectivity index (χ1v) is 5.76. The Morgan fingerprint density at radius 2 is 2.06 bits per heavy atom. The number of rotatable bonds is 6. The van der Waals surface area contributed by atoms with Crippen molar-refractivity contribution in [1.82, 2.24) is 4.90 Å². The number of benzene rings is 1. The molecule has 1 aromatic carbocycles. The third-order valence-electron chi connectivity index (χ3n) is 2.65. The molecule has 3 nitrogen and oxygen atoms in total. The van der Waals surface area contributed by atoms with Crippen LogP contribution in [0.4, 0.5) is 0 Å². The smallest absolute Gasteiger partial charge is 0.123 e. The second kappa shape index (κ2) is 6.51. The predicted molar refractivity (Wildman–Crippen MR) is 67.7 cm³/mol. The molecule has 1 aromatic rings. The lowest BCUT2D eigenvalue weighted by Gasteiger charge is -2.22. The fourth-order valence-electron chi connectivity index (χ4n) is 1.88. The Labute approximate surface area is 98.2 Å². The third kappa shape index (κ3) is 3.51. The van der Waals surface area contributed by atoms with E-state index in [0.717, 1.165) is 30.8 Å². The van der Waals surface area contributed by atoms with Gasteiger partial charge < -0.3 is 15.4 Å². The minimum absolute atomic E-state index is 0.00713. The molecule has 0 aliphatic carbocycles. The molecule has 1 rings (SSSR count). The second-order valence-corrected chi connectivity index (χ2v) is 4.11. The lowest BCUT2D eigenvalue weighted by Crippen LogP contribution is -2.29. The highest BCUT2D eigenvalue weighted by atomic mass is 16.5. The third-order valence-corrected chi connectivity index (χ3v) is 2.65. The quantitative estimate of drug-likeness (QED) is 0.800. The summed E-state index contributed by atoms with van der Waals surface area (Å²) in [5, 5.41) is 0. The van der Waals surface area contributed by atoms with Gasteiger partial charge in [0.2, 0.25) is 0 Å². The van der Waals surface area contributed by atoms with Gasteiger partial charge in [-0.15, -0.1) is 0 Å². The van der Waals surface area contributed by atoms with Crippen molar-refractivity contribution >= 4 is 0 Å². The minimum atomic E-state index is 0.00713. The van der Waals surface area contributed by atoms with Crippen molar-refractivity contribution in [3.63, 3.8) is 0 Å². The van der Waals surface area contributed by atoms with Gasteiger partial charge in [0.1, 0.15) is 5.75 Å². The van der Waals surface area contributed by atoms with Gasteiger partial charge in [0.15, 0.2) is 0 Å². The molecule has 2 N–H and O–H groups in total. The number of para-hydroxylation sites is 1. The van der Waals surface area contributed by atoms with Crippen LogP contribution in [0.25, 0.3) is 0 Å². The van der Waals surface area contributed by atoms with E-state index in [2.05, 4.69) is 18.9 Å². The second-order valence-electron chi connectivity index (χ2n) is 4.11. The molecule has 0 aliphatic rings. The van der Waals surface area contributed by atoms with Crippen molar-refractivity contribution < 1.29 is 4.74 Å². The zero-order chi connectivity index (χ0) is 12.0. The molecule has 1 unspecified atom stereocenters. The van der Waals surface area contributed by atoms with Gasteiger partial charge in [-0.3, -0.25) is 0 Å². The van der Waals surface area contributed by atoms with E-state index in [1.165, 1.54) is 0 Å². The van der Waals surface area contributed by atoms with Gasteiger partial charge >= 0.3 is 0 Å². The summed E-state index contributed by atoms with van der Waals surface area (Å²) >= 11 is 0. The van der Waals surface area contributed by atoms with Crippen molar-refractivity contribution in [2.24, 2.45) is 5.73 Å². The molecule has 16 heavy (non-hydrogen) atoms. The van der Waals surface area contributed by atoms with Crippen LogP contribution >= 0.6 is 0 Å². The number of nitrogens with zero attached hydrogens (tertiary/aromatic N) is 1. The summed E-state index contributed by atoms with van der Waals surface area (Å²) in [6.07, 6.45) is 1.15. The Morgan fingerprint density at radius 1 is 1.38 bits per heavy atom. The van der Waals surface area contributed by atoms with E-state index in [-0.39, 0.29) is 6.04 Å². The molecule has 0 bridgehead atoms. The molecular weight excluding hydrogens is 200 g/mol. The first-order chi connectivity index (χ1) is 7.69. The van der Waals surface area contributed by atoms with Crippen molar-refractivity contribution in [3.8, 4) is 5.75 Å². The lowest BCUT2D eigenvalue weighted by molar-refractivity contribution is 0.309. The number of ether oxygens (including phenoxy) is 1. The standard InChI is InChI=1S/C13H22N2O/c1-4-9-15(2)10-12(14)11-7-5-6-8-13(11)16-3/h5-8,12H,4,9-10,14H2,1-3H3. The van der Waals surface area contributed by atoms with Crippen LogP contribution in [0, 0.1) is 0 Å². The first-order valence-electron chi connectivity index (χ1n) is 5.76. The molecule has 90 valence electrons. The summed E-state index contributed by atoms with van der Waals surface area (Å²) in [6, 6.07) is 7.95. The largest absolute Gasteiger partial charge is 0.496 e. The zero-order valence-electron chi connectivity index (χ0n) is 10.4. The summed E-state index contributed by atoms with van der Waals surface area (Å²) in [4.78, 5) is 2.25. The summed E-state index contributed by atoms with van der Waals surface area (Å²) in [5.41, 5.74) is 7.26. The van der Waals surface area contributed by atoms with Crippen LogP contribution in [0.5, 0.6) is 5.75 Å². The molecule has 0 spiro atoms. The Bertz CT molecular complexity index is 315. The monoisotopic (exact) mass is 222 g/mol. The normalized spacial score (nSPS) is 12.8. The zero-order valence-corrected chi connectivity index (χ0v) is 10.4. The van der Waals surface area contributed by atoms with Crippen LogP contribution < -0.4 is 10.5 Å². The van der Waals surface area contributed by atoms with Crippen molar-refractivity contribution in [3.05, 3.63) is 29.8 Å². The van der Waals surface area contributed by atoms with Gasteiger partial charge in [0.05, 0.1) is 7.11 Å². The minimum Gasteiger partial charge on any atom is -0.496 e. The topological polar surface area (TPSA) is 38.5 Å². The van der Waals surface area contributed by atoms with Crippen LogP contribution in [-0.4, -0.2) is 32.1 Å². The molecule has 0 radical (unpaired) electrons. The number of hydrogen-bond acceptors (Lipinski definition) is 3. The highest BCUT2D eigenvalue weighted by Crippen LogP contribution is 2.23. The van der Waals surface area contributed by atoms with E-state index in [4.69, 9.17) is 10.5 Å². The van der Waals surface area contributed by atoms with Gasteiger partial charge in [0.25, 0.3) is 0 Å². The predicted octanol–water partition coefficient (Wildman–Crippen LogP) is 2.04. The van der Waals surface area contributed by atoms with Crippen LogP contribution in [0.3, 0.4) is 0 Å². The van der Waals surface area contributed by atoms with Crippen LogP contribution in [-0.2, 0) is 0 Å². The summed E-state index contributed by atoms with van der Waals surface area (Å²) in [6.45, 7) is 4.10. The Kier molecular flexibility index (Phi) is 5.29. The Balaban J connectivity index is 2.68. The highest BCUT2D eigenvalue weighted by molar-refractivity contribution is 5.35. The molecule has 0 fully saturated rings. The van der Waals surface area contributed by atoms with E-state index < -0.39 is 0 Å². The number of hydrogen-bond donors (Lipinski definition) is 1. The molecule has 3 heteroatoms. The Morgan fingerprint density at radius 3 is 2.69 bits per heavy atom. The molecule has 0 aliphatic heterocycles. The summed E-state index contributed by atoms with van der Waals surface area (Å²) < 4.78 is 5.31. The highest BCUT2D eigenvalue weighted by Gasteiger charge is 2.12. The first kappa shape index (κ1) is 13.0. The van der Waals surface area contributed by atoms with Crippen molar-refractivity contribution in [1.29, 1.82) is 0 Å². The van der Waals surface area contributed by atoms with Crippen molar-refractivity contribution in [2.45, 2.75) is 19.4 Å².